The Kier molecular flexibility index (Phi) is 3.66. The molecule has 0 aliphatic carbocycles. The van der Waals surface area contributed by atoms with E-state index in [4.69, 9.17) is 10.5 Å². The zero-order valence-electron chi connectivity index (χ0n) is 9.95. The van der Waals surface area contributed by atoms with Gasteiger partial charge in [-0.3, -0.25) is 9.78 Å². The normalized spacial score (nSPS) is 11.1. The zero-order chi connectivity index (χ0) is 13.7. The number of hydrogen-bond donors (Lipinski definition) is 0. The molecule has 1 aromatic heterocycles. The highest BCUT2D eigenvalue weighted by Crippen LogP contribution is 2.19. The van der Waals surface area contributed by atoms with E-state index in [1.807, 2.05) is 12.1 Å². The van der Waals surface area contributed by atoms with Gasteiger partial charge in [0, 0.05) is 11.8 Å². The first-order valence-corrected chi connectivity index (χ1v) is 5.61. The summed E-state index contributed by atoms with van der Waals surface area (Å²) in [6.07, 6.45) is 1.54. The maximum absolute atomic E-state index is 12.3. The van der Waals surface area contributed by atoms with Gasteiger partial charge in [-0.05, 0) is 24.3 Å². The number of aromatic nitrogens is 1. The maximum Gasteiger partial charge on any atom is 0.186 e. The van der Waals surface area contributed by atoms with Crippen LogP contribution in [0.15, 0.2) is 48.7 Å². The maximum atomic E-state index is 12.3. The van der Waals surface area contributed by atoms with Crippen LogP contribution >= 0.6 is 0 Å². The lowest BCUT2D eigenvalue weighted by atomic mass is 9.94. The van der Waals surface area contributed by atoms with Crippen molar-refractivity contribution in [3.8, 4) is 12.1 Å². The monoisotopic (exact) mass is 247 g/mol. The van der Waals surface area contributed by atoms with E-state index in [9.17, 15) is 4.79 Å². The first-order valence-electron chi connectivity index (χ1n) is 5.61. The van der Waals surface area contributed by atoms with Gasteiger partial charge in [-0.1, -0.05) is 18.2 Å². The van der Waals surface area contributed by atoms with Gasteiger partial charge < -0.3 is 0 Å². The standard InChI is InChI=1S/C15H9N3O/c16-9-11-4-3-5-12(8-11)15(19)13(10-17)14-6-1-2-7-18-14/h1-8,13H/t13-/m1/s1. The summed E-state index contributed by atoms with van der Waals surface area (Å²) in [4.78, 5) is 16.3. The second-order valence-corrected chi connectivity index (χ2v) is 3.87. The molecule has 19 heavy (non-hydrogen) atoms. The van der Waals surface area contributed by atoms with Crippen molar-refractivity contribution in [2.75, 3.05) is 0 Å². The zero-order valence-corrected chi connectivity index (χ0v) is 9.95. The predicted octanol–water partition coefficient (Wildman–Crippen LogP) is 2.44. The van der Waals surface area contributed by atoms with Gasteiger partial charge in [-0.15, -0.1) is 0 Å². The van der Waals surface area contributed by atoms with Crippen molar-refractivity contribution in [1.82, 2.24) is 4.98 Å². The molecule has 0 saturated carbocycles. The summed E-state index contributed by atoms with van der Waals surface area (Å²) in [5.74, 6) is -1.30. The molecule has 2 rings (SSSR count). The second-order valence-electron chi connectivity index (χ2n) is 3.87. The Hall–Kier alpha value is -2.98. The largest absolute Gasteiger partial charge is 0.292 e. The SMILES string of the molecule is N#Cc1cccc(C(=O)[C@H](C#N)c2ccccn2)c1. The molecule has 2 aromatic rings. The summed E-state index contributed by atoms with van der Waals surface area (Å²) in [7, 11) is 0. The van der Waals surface area contributed by atoms with E-state index < -0.39 is 5.92 Å². The van der Waals surface area contributed by atoms with Crippen molar-refractivity contribution in [1.29, 1.82) is 10.5 Å². The minimum absolute atomic E-state index is 0.344. The van der Waals surface area contributed by atoms with E-state index in [1.54, 1.807) is 42.6 Å². The van der Waals surface area contributed by atoms with Crippen molar-refractivity contribution in [3.05, 3.63) is 65.5 Å². The number of nitriles is 2. The molecule has 90 valence electrons. The number of Topliss-reactive ketones (excluding diaryl/α,β-unsaturated/α-hetero) is 1. The lowest BCUT2D eigenvalue weighted by molar-refractivity contribution is 0.0977. The summed E-state index contributed by atoms with van der Waals surface area (Å²) < 4.78 is 0. The van der Waals surface area contributed by atoms with E-state index >= 15 is 0 Å². The number of pyridine rings is 1. The van der Waals surface area contributed by atoms with Crippen LogP contribution in [0.4, 0.5) is 0 Å². The molecule has 0 radical (unpaired) electrons. The van der Waals surface area contributed by atoms with Crippen molar-refractivity contribution < 1.29 is 4.79 Å². The molecule has 0 saturated heterocycles. The van der Waals surface area contributed by atoms with Gasteiger partial charge in [0.15, 0.2) is 11.7 Å². The van der Waals surface area contributed by atoms with Crippen LogP contribution in [0.1, 0.15) is 27.5 Å². The van der Waals surface area contributed by atoms with E-state index in [1.165, 1.54) is 6.07 Å². The van der Waals surface area contributed by atoms with Crippen LogP contribution in [0.2, 0.25) is 0 Å². The van der Waals surface area contributed by atoms with Crippen LogP contribution in [0.25, 0.3) is 0 Å². The fourth-order valence-electron chi connectivity index (χ4n) is 1.71. The van der Waals surface area contributed by atoms with Gasteiger partial charge in [-0.2, -0.15) is 10.5 Å². The van der Waals surface area contributed by atoms with Crippen molar-refractivity contribution in [2.45, 2.75) is 5.92 Å². The van der Waals surface area contributed by atoms with Gasteiger partial charge in [-0.25, -0.2) is 0 Å². The average Bonchev–Trinajstić information content (AvgIpc) is 2.49. The Balaban J connectivity index is 2.37. The summed E-state index contributed by atoms with van der Waals surface area (Å²) in [6.45, 7) is 0. The average molecular weight is 247 g/mol. The fourth-order valence-corrected chi connectivity index (χ4v) is 1.71. The molecular weight excluding hydrogens is 238 g/mol. The highest BCUT2D eigenvalue weighted by atomic mass is 16.1. The number of hydrogen-bond acceptors (Lipinski definition) is 4. The van der Waals surface area contributed by atoms with Gasteiger partial charge >= 0.3 is 0 Å². The van der Waals surface area contributed by atoms with Gasteiger partial charge in [0.1, 0.15) is 0 Å². The molecule has 0 aliphatic heterocycles. The number of ketones is 1. The molecule has 0 spiro atoms. The molecule has 1 aromatic carbocycles. The van der Waals surface area contributed by atoms with Crippen LogP contribution < -0.4 is 0 Å². The van der Waals surface area contributed by atoms with Crippen LogP contribution in [0, 0.1) is 22.7 Å². The Bertz CT molecular complexity index is 681. The molecule has 0 amide bonds. The molecule has 4 heteroatoms. The highest BCUT2D eigenvalue weighted by Gasteiger charge is 2.22. The van der Waals surface area contributed by atoms with E-state index in [2.05, 4.69) is 4.98 Å². The molecule has 0 aliphatic rings. The van der Waals surface area contributed by atoms with Crippen molar-refractivity contribution in [3.63, 3.8) is 0 Å². The molecule has 1 atom stereocenters. The van der Waals surface area contributed by atoms with E-state index in [-0.39, 0.29) is 5.78 Å². The lowest BCUT2D eigenvalue weighted by Gasteiger charge is -2.07. The quantitative estimate of drug-likeness (QED) is 0.780. The summed E-state index contributed by atoms with van der Waals surface area (Å²) >= 11 is 0. The third kappa shape index (κ3) is 2.65. The first kappa shape index (κ1) is 12.5. The van der Waals surface area contributed by atoms with Crippen LogP contribution in [0.5, 0.6) is 0 Å². The molecule has 0 fully saturated rings. The molecule has 0 bridgehead atoms. The number of benzene rings is 1. The van der Waals surface area contributed by atoms with Gasteiger partial charge in [0.25, 0.3) is 0 Å². The van der Waals surface area contributed by atoms with E-state index in [0.717, 1.165) is 0 Å². The summed E-state index contributed by atoms with van der Waals surface area (Å²) in [5, 5.41) is 18.0. The Labute approximate surface area is 110 Å². The van der Waals surface area contributed by atoms with Crippen molar-refractivity contribution in [2.24, 2.45) is 0 Å². The Morgan fingerprint density at radius 3 is 2.63 bits per heavy atom. The Morgan fingerprint density at radius 2 is 2.00 bits per heavy atom. The molecule has 0 N–H and O–H groups in total. The third-order valence-electron chi connectivity index (χ3n) is 2.65. The number of nitrogens with zero attached hydrogens (tertiary/aromatic N) is 3. The van der Waals surface area contributed by atoms with Crippen LogP contribution in [0.3, 0.4) is 0 Å². The topological polar surface area (TPSA) is 77.5 Å². The smallest absolute Gasteiger partial charge is 0.186 e. The predicted molar refractivity (Wildman–Crippen MR) is 68.1 cm³/mol. The number of rotatable bonds is 3. The third-order valence-corrected chi connectivity index (χ3v) is 2.65. The van der Waals surface area contributed by atoms with Crippen LogP contribution in [-0.2, 0) is 0 Å². The lowest BCUT2D eigenvalue weighted by Crippen LogP contribution is -2.12. The molecule has 0 unspecified atom stereocenters. The minimum Gasteiger partial charge on any atom is -0.292 e. The fraction of sp³-hybridized carbons (Fsp3) is 0.0667. The highest BCUT2D eigenvalue weighted by molar-refractivity contribution is 6.02. The van der Waals surface area contributed by atoms with Gasteiger partial charge in [0.05, 0.1) is 23.4 Å². The number of carbonyl (C=O) groups excluding carboxylic acids is 1. The van der Waals surface area contributed by atoms with E-state index in [0.29, 0.717) is 16.8 Å². The van der Waals surface area contributed by atoms with Gasteiger partial charge in [0.2, 0.25) is 0 Å². The second kappa shape index (κ2) is 5.57. The first-order chi connectivity index (χ1) is 9.26. The summed E-state index contributed by atoms with van der Waals surface area (Å²) in [5.41, 5.74) is 1.15. The van der Waals surface area contributed by atoms with Crippen molar-refractivity contribution >= 4 is 5.78 Å². The molecular formula is C15H9N3O. The summed E-state index contributed by atoms with van der Waals surface area (Å²) in [6, 6.07) is 15.3. The molecule has 4 nitrogen and oxygen atoms in total. The minimum atomic E-state index is -0.949. The molecule has 1 heterocycles. The van der Waals surface area contributed by atoms with Crippen LogP contribution in [-0.4, -0.2) is 10.8 Å². The Morgan fingerprint density at radius 1 is 1.16 bits per heavy atom. The number of carbonyl (C=O) groups is 1.